The van der Waals surface area contributed by atoms with Gasteiger partial charge in [0.1, 0.15) is 0 Å². The summed E-state index contributed by atoms with van der Waals surface area (Å²) >= 11 is 6.02. The molecule has 2 aliphatic heterocycles. The van der Waals surface area contributed by atoms with Gasteiger partial charge in [0.15, 0.2) is 11.6 Å². The molecule has 0 saturated carbocycles. The van der Waals surface area contributed by atoms with E-state index in [0.717, 1.165) is 0 Å². The van der Waals surface area contributed by atoms with Crippen molar-refractivity contribution < 1.29 is 22.3 Å². The van der Waals surface area contributed by atoms with Crippen molar-refractivity contribution in [3.05, 3.63) is 70.6 Å². The Morgan fingerprint density at radius 3 is 2.59 bits per heavy atom. The second-order valence-corrected chi connectivity index (χ2v) is 10.3. The van der Waals surface area contributed by atoms with E-state index in [-0.39, 0.29) is 29.6 Å². The largest absolute Gasteiger partial charge is 0.435 e. The summed E-state index contributed by atoms with van der Waals surface area (Å²) in [7, 11) is -3.82. The second kappa shape index (κ2) is 9.46. The van der Waals surface area contributed by atoms with Gasteiger partial charge in [-0.3, -0.25) is 0 Å². The number of para-hydroxylation sites is 1. The van der Waals surface area contributed by atoms with Gasteiger partial charge in [0.25, 0.3) is 0 Å². The van der Waals surface area contributed by atoms with Gasteiger partial charge in [-0.2, -0.15) is 9.29 Å². The second-order valence-electron chi connectivity index (χ2n) is 7.93. The predicted octanol–water partition coefficient (Wildman–Crippen LogP) is 3.65. The van der Waals surface area contributed by atoms with Crippen LogP contribution in [-0.2, 0) is 27.7 Å². The SMILES string of the molecule is O=S(=O)(c1cccc(Cl)c1)N1CCc2nc(N3CCOCC3)nc(Oc3ccccc3F)c2C1. The molecule has 0 N–H and O–H groups in total. The lowest BCUT2D eigenvalue weighted by Gasteiger charge is -2.31. The summed E-state index contributed by atoms with van der Waals surface area (Å²) in [5.74, 6) is 0.0651. The number of aromatic nitrogens is 2. The van der Waals surface area contributed by atoms with Gasteiger partial charge in [-0.05, 0) is 30.3 Å². The van der Waals surface area contributed by atoms with Crippen LogP contribution in [0.5, 0.6) is 11.6 Å². The van der Waals surface area contributed by atoms with Crippen molar-refractivity contribution in [2.45, 2.75) is 17.9 Å². The van der Waals surface area contributed by atoms with Crippen LogP contribution in [0.1, 0.15) is 11.3 Å². The summed E-state index contributed by atoms with van der Waals surface area (Å²) in [6.45, 7) is 2.57. The molecule has 3 aromatic rings. The maximum Gasteiger partial charge on any atom is 0.243 e. The first kappa shape index (κ1) is 23.0. The predicted molar refractivity (Wildman–Crippen MR) is 124 cm³/mol. The van der Waals surface area contributed by atoms with Gasteiger partial charge >= 0.3 is 0 Å². The van der Waals surface area contributed by atoms with E-state index >= 15 is 0 Å². The molecule has 0 unspecified atom stereocenters. The first-order valence-corrected chi connectivity index (χ1v) is 12.6. The summed E-state index contributed by atoms with van der Waals surface area (Å²) < 4.78 is 53.6. The summed E-state index contributed by atoms with van der Waals surface area (Å²) in [6.07, 6.45) is 0.364. The smallest absolute Gasteiger partial charge is 0.243 e. The number of sulfonamides is 1. The third kappa shape index (κ3) is 4.58. The Labute approximate surface area is 202 Å². The summed E-state index contributed by atoms with van der Waals surface area (Å²) in [6, 6.07) is 12.2. The number of halogens is 2. The number of ether oxygens (including phenoxy) is 2. The lowest BCUT2D eigenvalue weighted by molar-refractivity contribution is 0.122. The molecule has 2 aliphatic rings. The minimum absolute atomic E-state index is 0.00262. The van der Waals surface area contributed by atoms with Gasteiger partial charge in [-0.25, -0.2) is 17.8 Å². The molecule has 2 aromatic carbocycles. The fourth-order valence-electron chi connectivity index (χ4n) is 3.95. The van der Waals surface area contributed by atoms with Crippen molar-refractivity contribution in [1.29, 1.82) is 0 Å². The number of hydrogen-bond donors (Lipinski definition) is 0. The molecule has 1 saturated heterocycles. The fraction of sp³-hybridized carbons (Fsp3) is 0.304. The van der Waals surface area contributed by atoms with Crippen LogP contribution in [0.3, 0.4) is 0 Å². The standard InChI is InChI=1S/C23H22ClFN4O4S/c24-16-4-3-5-17(14-16)34(30,31)29-9-8-20-18(15-29)22(33-21-7-2-1-6-19(21)25)27-23(26-20)28-10-12-32-13-11-28/h1-7,14H,8-13,15H2. The van der Waals surface area contributed by atoms with Gasteiger partial charge in [0.05, 0.1) is 29.4 Å². The molecule has 34 heavy (non-hydrogen) atoms. The highest BCUT2D eigenvalue weighted by molar-refractivity contribution is 7.89. The van der Waals surface area contributed by atoms with Crippen molar-refractivity contribution in [1.82, 2.24) is 14.3 Å². The monoisotopic (exact) mass is 504 g/mol. The molecule has 178 valence electrons. The first-order valence-electron chi connectivity index (χ1n) is 10.8. The molecule has 5 rings (SSSR count). The molecule has 0 spiro atoms. The zero-order valence-electron chi connectivity index (χ0n) is 18.2. The summed E-state index contributed by atoms with van der Waals surface area (Å²) in [5, 5.41) is 0.334. The van der Waals surface area contributed by atoms with Crippen molar-refractivity contribution in [2.24, 2.45) is 0 Å². The molecule has 1 aromatic heterocycles. The molecule has 8 nitrogen and oxygen atoms in total. The van der Waals surface area contributed by atoms with Gasteiger partial charge in [-0.1, -0.05) is 29.8 Å². The lowest BCUT2D eigenvalue weighted by Crippen LogP contribution is -2.39. The Morgan fingerprint density at radius 2 is 1.82 bits per heavy atom. The fourth-order valence-corrected chi connectivity index (χ4v) is 5.66. The van der Waals surface area contributed by atoms with Gasteiger partial charge in [0, 0.05) is 37.6 Å². The molecule has 3 heterocycles. The Balaban J connectivity index is 1.53. The minimum Gasteiger partial charge on any atom is -0.435 e. The Bertz CT molecular complexity index is 1320. The van der Waals surface area contributed by atoms with E-state index in [2.05, 4.69) is 4.98 Å². The van der Waals surface area contributed by atoms with Gasteiger partial charge < -0.3 is 14.4 Å². The van der Waals surface area contributed by atoms with E-state index < -0.39 is 15.8 Å². The number of benzene rings is 2. The first-order chi connectivity index (χ1) is 16.4. The number of rotatable bonds is 5. The molecule has 0 radical (unpaired) electrons. The number of nitrogens with zero attached hydrogens (tertiary/aromatic N) is 4. The number of morpholine rings is 1. The van der Waals surface area contributed by atoms with Crippen LogP contribution in [0.2, 0.25) is 5.02 Å². The molecule has 0 amide bonds. The van der Waals surface area contributed by atoms with Crippen molar-refractivity contribution >= 4 is 27.6 Å². The maximum absolute atomic E-state index is 14.4. The van der Waals surface area contributed by atoms with Crippen LogP contribution >= 0.6 is 11.6 Å². The Kier molecular flexibility index (Phi) is 6.39. The molecule has 1 fully saturated rings. The highest BCUT2D eigenvalue weighted by Crippen LogP contribution is 2.34. The van der Waals surface area contributed by atoms with E-state index in [4.69, 9.17) is 26.1 Å². The van der Waals surface area contributed by atoms with Crippen LogP contribution in [0.4, 0.5) is 10.3 Å². The number of fused-ring (bicyclic) bond motifs is 1. The Morgan fingerprint density at radius 1 is 1.03 bits per heavy atom. The van der Waals surface area contributed by atoms with Crippen LogP contribution in [-0.4, -0.2) is 55.5 Å². The van der Waals surface area contributed by atoms with Gasteiger partial charge in [0.2, 0.25) is 21.9 Å². The zero-order valence-corrected chi connectivity index (χ0v) is 19.7. The van der Waals surface area contributed by atoms with Crippen molar-refractivity contribution in [3.63, 3.8) is 0 Å². The quantitative estimate of drug-likeness (QED) is 0.524. The molecule has 11 heteroatoms. The molecular weight excluding hydrogens is 483 g/mol. The summed E-state index contributed by atoms with van der Waals surface area (Å²) in [5.41, 5.74) is 1.19. The van der Waals surface area contributed by atoms with Crippen LogP contribution in [0, 0.1) is 5.82 Å². The average molecular weight is 505 g/mol. The van der Waals surface area contributed by atoms with E-state index in [0.29, 0.717) is 55.0 Å². The van der Waals surface area contributed by atoms with Crippen LogP contribution in [0.15, 0.2) is 53.4 Å². The normalized spacial score (nSPS) is 16.8. The van der Waals surface area contributed by atoms with Crippen LogP contribution < -0.4 is 9.64 Å². The minimum atomic E-state index is -3.82. The van der Waals surface area contributed by atoms with E-state index in [9.17, 15) is 12.8 Å². The van der Waals surface area contributed by atoms with E-state index in [1.807, 2.05) is 4.90 Å². The van der Waals surface area contributed by atoms with Crippen LogP contribution in [0.25, 0.3) is 0 Å². The zero-order chi connectivity index (χ0) is 23.7. The third-order valence-corrected chi connectivity index (χ3v) is 7.82. The molecule has 0 aliphatic carbocycles. The highest BCUT2D eigenvalue weighted by atomic mass is 35.5. The average Bonchev–Trinajstić information content (AvgIpc) is 2.85. The molecular formula is C23H22ClFN4O4S. The molecule has 0 bridgehead atoms. The van der Waals surface area contributed by atoms with E-state index in [1.165, 1.54) is 28.6 Å². The highest BCUT2D eigenvalue weighted by Gasteiger charge is 2.33. The van der Waals surface area contributed by atoms with Gasteiger partial charge in [-0.15, -0.1) is 0 Å². The topological polar surface area (TPSA) is 84.9 Å². The van der Waals surface area contributed by atoms with Crippen molar-refractivity contribution in [2.75, 3.05) is 37.7 Å². The van der Waals surface area contributed by atoms with E-state index in [1.54, 1.807) is 24.3 Å². The third-order valence-electron chi connectivity index (χ3n) is 5.75. The van der Waals surface area contributed by atoms with Crippen molar-refractivity contribution in [3.8, 4) is 11.6 Å². The number of hydrogen-bond acceptors (Lipinski definition) is 7. The maximum atomic E-state index is 14.4. The summed E-state index contributed by atoms with van der Waals surface area (Å²) in [4.78, 5) is 11.4. The molecule has 0 atom stereocenters. The Hall–Kier alpha value is -2.79. The number of anilines is 1. The lowest BCUT2D eigenvalue weighted by atomic mass is 10.1.